The molecular formula is C26H31Br3N2O3S. The van der Waals surface area contributed by atoms with E-state index in [0.717, 1.165) is 45.3 Å². The minimum absolute atomic E-state index is 0.0379. The Labute approximate surface area is 236 Å². The van der Waals surface area contributed by atoms with Crippen LogP contribution < -0.4 is 10.1 Å². The highest BCUT2D eigenvalue weighted by Gasteiger charge is 2.42. The second-order valence-electron chi connectivity index (χ2n) is 9.73. The molecule has 5 unspecified atom stereocenters. The van der Waals surface area contributed by atoms with E-state index in [1.807, 2.05) is 6.92 Å². The molecule has 0 saturated heterocycles. The van der Waals surface area contributed by atoms with Gasteiger partial charge in [0.1, 0.15) is 11.5 Å². The summed E-state index contributed by atoms with van der Waals surface area (Å²) < 4.78 is 7.62. The van der Waals surface area contributed by atoms with E-state index in [1.54, 1.807) is 13.3 Å². The lowest BCUT2D eigenvalue weighted by atomic mass is 9.65. The van der Waals surface area contributed by atoms with Crippen LogP contribution in [0.2, 0.25) is 0 Å². The SMILES string of the molecule is COc1c(Br)cc2c(c1Br)CCC1C2CCCC(=O)C(Br)C(CCC(=O)Nc2ncc(C)s2)C1C. The number of amides is 1. The fourth-order valence-corrected chi connectivity index (χ4v) is 9.26. The highest BCUT2D eigenvalue weighted by atomic mass is 79.9. The second kappa shape index (κ2) is 11.7. The first-order valence-corrected chi connectivity index (χ1v) is 15.5. The van der Waals surface area contributed by atoms with Gasteiger partial charge in [0.25, 0.3) is 0 Å². The molecule has 1 heterocycles. The Morgan fingerprint density at radius 1 is 1.29 bits per heavy atom. The monoisotopic (exact) mass is 688 g/mol. The van der Waals surface area contributed by atoms with Crippen molar-refractivity contribution in [3.05, 3.63) is 37.2 Å². The summed E-state index contributed by atoms with van der Waals surface area (Å²) in [6.45, 7) is 4.26. The molecule has 190 valence electrons. The second-order valence-corrected chi connectivity index (χ2v) is 13.6. The number of anilines is 1. The van der Waals surface area contributed by atoms with Gasteiger partial charge in [0, 0.05) is 23.9 Å². The zero-order valence-corrected chi connectivity index (χ0v) is 25.8. The van der Waals surface area contributed by atoms with Crippen molar-refractivity contribution in [1.82, 2.24) is 4.98 Å². The number of carbonyl (C=O) groups is 2. The Kier molecular flexibility index (Phi) is 9.15. The number of rotatable bonds is 5. The standard InChI is InChI=1S/C26H31Br3N2O3S/c1-13-12-30-26(35-13)31-22(33)10-9-16-14(2)15-7-8-18-19(11-20(27)25(34-3)24(18)29)17(15)5-4-6-21(32)23(16)28/h11-12,14-17,23H,4-10H2,1-3H3,(H,30,31,33). The summed E-state index contributed by atoms with van der Waals surface area (Å²) in [5, 5.41) is 3.56. The number of nitrogens with one attached hydrogen (secondary N) is 1. The fourth-order valence-electron chi connectivity index (χ4n) is 5.93. The minimum Gasteiger partial charge on any atom is -0.494 e. The molecule has 9 heteroatoms. The number of carbonyl (C=O) groups excluding carboxylic acids is 2. The summed E-state index contributed by atoms with van der Waals surface area (Å²) in [5.41, 5.74) is 2.69. The molecule has 5 nitrogen and oxygen atoms in total. The van der Waals surface area contributed by atoms with Crippen LogP contribution in [0.4, 0.5) is 5.13 Å². The summed E-state index contributed by atoms with van der Waals surface area (Å²) in [4.78, 5) is 30.9. The molecule has 1 N–H and O–H groups in total. The highest BCUT2D eigenvalue weighted by Crippen LogP contribution is 2.52. The predicted octanol–water partition coefficient (Wildman–Crippen LogP) is 7.82. The third-order valence-electron chi connectivity index (χ3n) is 7.70. The molecule has 1 amide bonds. The number of methoxy groups -OCH3 is 1. The van der Waals surface area contributed by atoms with E-state index in [2.05, 4.69) is 71.1 Å². The summed E-state index contributed by atoms with van der Waals surface area (Å²) in [5.74, 6) is 2.30. The van der Waals surface area contributed by atoms with Crippen molar-refractivity contribution in [2.75, 3.05) is 12.4 Å². The number of halogens is 3. The van der Waals surface area contributed by atoms with Gasteiger partial charge in [-0.2, -0.15) is 0 Å². The normalized spacial score (nSPS) is 26.7. The van der Waals surface area contributed by atoms with Crippen molar-refractivity contribution < 1.29 is 14.3 Å². The number of thiazole rings is 1. The van der Waals surface area contributed by atoms with Gasteiger partial charge in [-0.25, -0.2) is 4.98 Å². The van der Waals surface area contributed by atoms with E-state index >= 15 is 0 Å². The van der Waals surface area contributed by atoms with Gasteiger partial charge in [-0.3, -0.25) is 9.59 Å². The number of aryl methyl sites for hydroxylation is 1. The van der Waals surface area contributed by atoms with Crippen molar-refractivity contribution in [2.45, 2.75) is 69.5 Å². The first kappa shape index (κ1) is 27.3. The maximum absolute atomic E-state index is 13.1. The number of ketones is 1. The number of hydrogen-bond acceptors (Lipinski definition) is 5. The maximum Gasteiger partial charge on any atom is 0.226 e. The lowest BCUT2D eigenvalue weighted by Crippen LogP contribution is -2.36. The number of hydrogen-bond donors (Lipinski definition) is 1. The van der Waals surface area contributed by atoms with Gasteiger partial charge in [-0.1, -0.05) is 22.9 Å². The van der Waals surface area contributed by atoms with Gasteiger partial charge in [-0.05, 0) is 112 Å². The minimum atomic E-state index is -0.220. The van der Waals surface area contributed by atoms with Crippen molar-refractivity contribution >= 4 is 75.9 Å². The van der Waals surface area contributed by atoms with Crippen LogP contribution >= 0.6 is 59.1 Å². The third kappa shape index (κ3) is 5.88. The number of Topliss-reactive ketones (excluding diaryl/α,β-unsaturated/α-hetero) is 1. The van der Waals surface area contributed by atoms with Crippen LogP contribution in [-0.4, -0.2) is 28.6 Å². The molecule has 35 heavy (non-hydrogen) atoms. The first-order valence-electron chi connectivity index (χ1n) is 12.1. The van der Waals surface area contributed by atoms with E-state index in [1.165, 1.54) is 22.5 Å². The van der Waals surface area contributed by atoms with Crippen LogP contribution in [0.25, 0.3) is 0 Å². The van der Waals surface area contributed by atoms with E-state index in [9.17, 15) is 9.59 Å². The number of nitrogens with zero attached hydrogens (tertiary/aromatic N) is 1. The summed E-state index contributed by atoms with van der Waals surface area (Å²) in [7, 11) is 1.70. The lowest BCUT2D eigenvalue weighted by molar-refractivity contribution is -0.120. The smallest absolute Gasteiger partial charge is 0.226 e. The molecule has 0 aliphatic heterocycles. The van der Waals surface area contributed by atoms with Crippen LogP contribution in [0.15, 0.2) is 21.2 Å². The number of fused-ring (bicyclic) bond motifs is 3. The van der Waals surface area contributed by atoms with E-state index in [0.29, 0.717) is 42.1 Å². The molecular weight excluding hydrogens is 660 g/mol. The summed E-state index contributed by atoms with van der Waals surface area (Å²) in [6, 6.07) is 2.23. The zero-order chi connectivity index (χ0) is 25.3. The van der Waals surface area contributed by atoms with Crippen molar-refractivity contribution in [2.24, 2.45) is 17.8 Å². The average Bonchev–Trinajstić information content (AvgIpc) is 3.24. The largest absolute Gasteiger partial charge is 0.494 e. The Hall–Kier alpha value is -0.770. The number of benzene rings is 1. The third-order valence-corrected chi connectivity index (χ3v) is 11.2. The predicted molar refractivity (Wildman–Crippen MR) is 152 cm³/mol. The number of alkyl halides is 1. The molecule has 2 aliphatic rings. The van der Waals surface area contributed by atoms with Crippen molar-refractivity contribution in [3.63, 3.8) is 0 Å². The Balaban J connectivity index is 1.57. The number of ether oxygens (including phenoxy) is 1. The lowest BCUT2D eigenvalue weighted by Gasteiger charge is -2.41. The van der Waals surface area contributed by atoms with Crippen LogP contribution in [0.5, 0.6) is 5.75 Å². The molecule has 1 fully saturated rings. The number of aromatic nitrogens is 1. The van der Waals surface area contributed by atoms with Crippen LogP contribution in [0.3, 0.4) is 0 Å². The van der Waals surface area contributed by atoms with E-state index in [4.69, 9.17) is 4.74 Å². The van der Waals surface area contributed by atoms with E-state index < -0.39 is 0 Å². The molecule has 5 atom stereocenters. The van der Waals surface area contributed by atoms with Crippen LogP contribution in [0, 0.1) is 24.7 Å². The van der Waals surface area contributed by atoms with Gasteiger partial charge in [0.15, 0.2) is 5.13 Å². The van der Waals surface area contributed by atoms with Crippen LogP contribution in [-0.2, 0) is 16.0 Å². The molecule has 0 bridgehead atoms. The van der Waals surface area contributed by atoms with Gasteiger partial charge in [0.05, 0.1) is 20.9 Å². The molecule has 4 rings (SSSR count). The summed E-state index contributed by atoms with van der Waals surface area (Å²) in [6.07, 6.45) is 7.31. The Morgan fingerprint density at radius 3 is 2.74 bits per heavy atom. The topological polar surface area (TPSA) is 68.3 Å². The van der Waals surface area contributed by atoms with Gasteiger partial charge >= 0.3 is 0 Å². The molecule has 2 aromatic rings. The van der Waals surface area contributed by atoms with E-state index in [-0.39, 0.29) is 22.4 Å². The molecule has 1 aromatic heterocycles. The highest BCUT2D eigenvalue weighted by molar-refractivity contribution is 9.11. The fraction of sp³-hybridized carbons (Fsp3) is 0.577. The average molecular weight is 691 g/mol. The molecule has 1 aromatic carbocycles. The summed E-state index contributed by atoms with van der Waals surface area (Å²) >= 11 is 12.7. The first-order chi connectivity index (χ1) is 16.7. The quantitative estimate of drug-likeness (QED) is 0.325. The van der Waals surface area contributed by atoms with Gasteiger partial charge in [-0.15, -0.1) is 11.3 Å². The van der Waals surface area contributed by atoms with Gasteiger partial charge in [0.2, 0.25) is 5.91 Å². The molecule has 0 radical (unpaired) electrons. The Bertz CT molecular complexity index is 1110. The molecule has 0 spiro atoms. The van der Waals surface area contributed by atoms with Gasteiger partial charge < -0.3 is 10.1 Å². The molecule has 2 aliphatic carbocycles. The van der Waals surface area contributed by atoms with Crippen LogP contribution in [0.1, 0.15) is 67.4 Å². The van der Waals surface area contributed by atoms with Crippen molar-refractivity contribution in [3.8, 4) is 5.75 Å². The Morgan fingerprint density at radius 2 is 2.06 bits per heavy atom. The maximum atomic E-state index is 13.1. The van der Waals surface area contributed by atoms with Crippen molar-refractivity contribution in [1.29, 1.82) is 0 Å². The zero-order valence-electron chi connectivity index (χ0n) is 20.2. The molecule has 1 saturated carbocycles.